The molecule has 7 heteroatoms. The van der Waals surface area contributed by atoms with Crippen LogP contribution in [-0.2, 0) is 9.59 Å². The molecule has 156 valence electrons. The van der Waals surface area contributed by atoms with Crippen molar-refractivity contribution in [3.05, 3.63) is 63.2 Å². The summed E-state index contributed by atoms with van der Waals surface area (Å²) in [4.78, 5) is 27.1. The van der Waals surface area contributed by atoms with Gasteiger partial charge in [0.05, 0.1) is 12.8 Å². The number of nitrogens with zero attached hydrogens (tertiary/aromatic N) is 1. The zero-order chi connectivity index (χ0) is 22.2. The Hall–Kier alpha value is -2.70. The first-order chi connectivity index (χ1) is 14.1. The van der Waals surface area contributed by atoms with Crippen LogP contribution in [0.25, 0.3) is 6.08 Å². The van der Waals surface area contributed by atoms with Crippen molar-refractivity contribution in [2.45, 2.75) is 33.6 Å². The Kier molecular flexibility index (Phi) is 6.29. The molecule has 0 aromatic heterocycles. The minimum atomic E-state index is -0.527. The Morgan fingerprint density at radius 1 is 1.13 bits per heavy atom. The van der Waals surface area contributed by atoms with Gasteiger partial charge in [0.15, 0.2) is 5.11 Å². The van der Waals surface area contributed by atoms with Crippen LogP contribution in [0.15, 0.2) is 35.9 Å². The Morgan fingerprint density at radius 2 is 1.83 bits per heavy atom. The standard InChI is InChI=1S/C23H23ClN2O3S/c1-12(2)17-9-15(14(4)8-20(17)29-5)10-18-21(27)25-23(30)26(22(18)28)16-7-6-13(3)19(24)11-16/h6-12H,1-5H3,(H,25,27,30)/b18-10+. The number of amides is 2. The maximum atomic E-state index is 13.2. The van der Waals surface area contributed by atoms with Crippen LogP contribution in [0.4, 0.5) is 5.69 Å². The van der Waals surface area contributed by atoms with Crippen molar-refractivity contribution < 1.29 is 14.3 Å². The van der Waals surface area contributed by atoms with Gasteiger partial charge < -0.3 is 4.74 Å². The highest BCUT2D eigenvalue weighted by atomic mass is 35.5. The molecule has 2 aromatic carbocycles. The van der Waals surface area contributed by atoms with Crippen LogP contribution in [0.3, 0.4) is 0 Å². The van der Waals surface area contributed by atoms with Crippen molar-refractivity contribution >= 4 is 52.5 Å². The number of carbonyl (C=O) groups is 2. The number of nitrogens with one attached hydrogen (secondary N) is 1. The second-order valence-corrected chi connectivity index (χ2v) is 8.29. The van der Waals surface area contributed by atoms with Gasteiger partial charge >= 0.3 is 0 Å². The first-order valence-corrected chi connectivity index (χ1v) is 10.3. The second kappa shape index (κ2) is 8.58. The van der Waals surface area contributed by atoms with Gasteiger partial charge in [0, 0.05) is 5.02 Å². The Labute approximate surface area is 186 Å². The quantitative estimate of drug-likeness (QED) is 0.414. The number of hydrogen-bond acceptors (Lipinski definition) is 4. The van der Waals surface area contributed by atoms with Crippen LogP contribution in [0.1, 0.15) is 42.0 Å². The van der Waals surface area contributed by atoms with Gasteiger partial charge in [-0.25, -0.2) is 0 Å². The van der Waals surface area contributed by atoms with E-state index in [2.05, 4.69) is 19.2 Å². The summed E-state index contributed by atoms with van der Waals surface area (Å²) in [6, 6.07) is 9.07. The van der Waals surface area contributed by atoms with E-state index in [0.717, 1.165) is 28.0 Å². The van der Waals surface area contributed by atoms with Gasteiger partial charge in [0.2, 0.25) is 0 Å². The number of hydrogen-bond donors (Lipinski definition) is 1. The number of thiocarbonyl (C=S) groups is 1. The van der Waals surface area contributed by atoms with Crippen LogP contribution >= 0.6 is 23.8 Å². The lowest BCUT2D eigenvalue weighted by Gasteiger charge is -2.29. The lowest BCUT2D eigenvalue weighted by atomic mass is 9.95. The number of benzene rings is 2. The largest absolute Gasteiger partial charge is 0.496 e. The minimum Gasteiger partial charge on any atom is -0.496 e. The average Bonchev–Trinajstić information content (AvgIpc) is 2.68. The number of carbonyl (C=O) groups excluding carboxylic acids is 2. The van der Waals surface area contributed by atoms with Crippen molar-refractivity contribution in [1.82, 2.24) is 5.32 Å². The highest BCUT2D eigenvalue weighted by molar-refractivity contribution is 7.80. The zero-order valence-corrected chi connectivity index (χ0v) is 19.1. The smallest absolute Gasteiger partial charge is 0.270 e. The normalized spacial score (nSPS) is 15.8. The molecule has 0 radical (unpaired) electrons. The summed E-state index contributed by atoms with van der Waals surface area (Å²) in [5.74, 6) is -0.0284. The molecule has 1 aliphatic rings. The summed E-state index contributed by atoms with van der Waals surface area (Å²) in [6.45, 7) is 7.90. The highest BCUT2D eigenvalue weighted by Crippen LogP contribution is 2.32. The fraction of sp³-hybridized carbons (Fsp3) is 0.261. The molecule has 0 unspecified atom stereocenters. The van der Waals surface area contributed by atoms with E-state index >= 15 is 0 Å². The molecular formula is C23H23ClN2O3S. The van der Waals surface area contributed by atoms with Crippen LogP contribution in [-0.4, -0.2) is 24.0 Å². The van der Waals surface area contributed by atoms with E-state index in [9.17, 15) is 9.59 Å². The lowest BCUT2D eigenvalue weighted by Crippen LogP contribution is -2.54. The molecule has 0 spiro atoms. The second-order valence-electron chi connectivity index (χ2n) is 7.50. The van der Waals surface area contributed by atoms with Crippen molar-refractivity contribution in [2.75, 3.05) is 12.0 Å². The third-order valence-corrected chi connectivity index (χ3v) is 5.75. The molecule has 0 bridgehead atoms. The van der Waals surface area contributed by atoms with E-state index in [4.69, 9.17) is 28.6 Å². The first kappa shape index (κ1) is 22.0. The molecule has 1 N–H and O–H groups in total. The first-order valence-electron chi connectivity index (χ1n) is 9.50. The van der Waals surface area contributed by atoms with Gasteiger partial charge in [0.25, 0.3) is 11.8 Å². The van der Waals surface area contributed by atoms with Crippen molar-refractivity contribution in [3.8, 4) is 5.75 Å². The van der Waals surface area contributed by atoms with E-state index in [0.29, 0.717) is 10.7 Å². The number of aryl methyl sites for hydroxylation is 2. The summed E-state index contributed by atoms with van der Waals surface area (Å²) < 4.78 is 5.48. The minimum absolute atomic E-state index is 0.00303. The van der Waals surface area contributed by atoms with Gasteiger partial charge in [-0.2, -0.15) is 0 Å². The summed E-state index contributed by atoms with van der Waals surface area (Å²) in [6.07, 6.45) is 1.60. The van der Waals surface area contributed by atoms with Crippen LogP contribution in [0.5, 0.6) is 5.75 Å². The van der Waals surface area contributed by atoms with Gasteiger partial charge in [-0.15, -0.1) is 0 Å². The molecule has 1 saturated heterocycles. The third-order valence-electron chi connectivity index (χ3n) is 5.06. The Balaban J connectivity index is 2.09. The molecule has 1 heterocycles. The van der Waals surface area contributed by atoms with Crippen LogP contribution in [0, 0.1) is 13.8 Å². The maximum Gasteiger partial charge on any atom is 0.270 e. The highest BCUT2D eigenvalue weighted by Gasteiger charge is 2.34. The molecule has 5 nitrogen and oxygen atoms in total. The molecule has 30 heavy (non-hydrogen) atoms. The van der Waals surface area contributed by atoms with Gasteiger partial charge in [-0.3, -0.25) is 19.8 Å². The van der Waals surface area contributed by atoms with Crippen LogP contribution < -0.4 is 15.0 Å². The summed E-state index contributed by atoms with van der Waals surface area (Å²) in [5, 5.41) is 3.14. The van der Waals surface area contributed by atoms with Gasteiger partial charge in [0.1, 0.15) is 11.3 Å². The number of ether oxygens (including phenoxy) is 1. The Morgan fingerprint density at radius 3 is 2.43 bits per heavy atom. The summed E-state index contributed by atoms with van der Waals surface area (Å²) >= 11 is 11.5. The molecule has 3 rings (SSSR count). The van der Waals surface area contributed by atoms with E-state index in [1.54, 1.807) is 31.4 Å². The summed E-state index contributed by atoms with van der Waals surface area (Å²) in [5.41, 5.74) is 4.04. The molecule has 0 aliphatic carbocycles. The van der Waals surface area contributed by atoms with E-state index in [1.807, 2.05) is 26.0 Å². The molecule has 2 amide bonds. The van der Waals surface area contributed by atoms with Crippen molar-refractivity contribution in [1.29, 1.82) is 0 Å². The predicted octanol–water partition coefficient (Wildman–Crippen LogP) is 4.92. The lowest BCUT2D eigenvalue weighted by molar-refractivity contribution is -0.122. The van der Waals surface area contributed by atoms with E-state index < -0.39 is 11.8 Å². The molecule has 1 fully saturated rings. The number of methoxy groups -OCH3 is 1. The van der Waals surface area contributed by atoms with Crippen LogP contribution in [0.2, 0.25) is 5.02 Å². The van der Waals surface area contributed by atoms with Gasteiger partial charge in [-0.05, 0) is 84.6 Å². The summed E-state index contributed by atoms with van der Waals surface area (Å²) in [7, 11) is 1.63. The predicted molar refractivity (Wildman–Crippen MR) is 124 cm³/mol. The van der Waals surface area contributed by atoms with Crippen molar-refractivity contribution in [2.24, 2.45) is 0 Å². The van der Waals surface area contributed by atoms with E-state index in [1.165, 1.54) is 4.90 Å². The van der Waals surface area contributed by atoms with Gasteiger partial charge in [-0.1, -0.05) is 31.5 Å². The molecule has 1 aliphatic heterocycles. The van der Waals surface area contributed by atoms with Crippen molar-refractivity contribution in [3.63, 3.8) is 0 Å². The average molecular weight is 443 g/mol. The maximum absolute atomic E-state index is 13.2. The third kappa shape index (κ3) is 4.11. The topological polar surface area (TPSA) is 58.6 Å². The fourth-order valence-corrected chi connectivity index (χ4v) is 3.72. The number of rotatable bonds is 4. The molecule has 0 saturated carbocycles. The number of halogens is 1. The zero-order valence-electron chi connectivity index (χ0n) is 17.5. The Bertz CT molecular complexity index is 1090. The SMILES string of the molecule is COc1cc(C)c(/C=C2\C(=O)NC(=S)N(c3ccc(C)c(Cl)c3)C2=O)cc1C(C)C. The molecular weight excluding hydrogens is 420 g/mol. The molecule has 0 atom stereocenters. The fourth-order valence-electron chi connectivity index (χ4n) is 3.27. The van der Waals surface area contributed by atoms with E-state index in [-0.39, 0.29) is 16.6 Å². The molecule has 2 aromatic rings. The number of anilines is 1. The monoisotopic (exact) mass is 442 g/mol.